The standard InChI is InChI=1S/C21H19ClFNO4/c1-3-13-4-6-16-14(11-27-19(16)8-13)9-20(25)28-12(2)21(26)24-18-7-5-15(23)10-17(18)22/h4-8,10-12H,3,9H2,1-2H3,(H,24,26)/t12-/m1/s1. The normalized spacial score (nSPS) is 12.0. The highest BCUT2D eigenvalue weighted by atomic mass is 35.5. The highest BCUT2D eigenvalue weighted by molar-refractivity contribution is 6.33. The number of fused-ring (bicyclic) bond motifs is 1. The number of hydrogen-bond acceptors (Lipinski definition) is 4. The molecule has 2 aromatic carbocycles. The number of esters is 1. The van der Waals surface area contributed by atoms with Gasteiger partial charge in [0.1, 0.15) is 11.4 Å². The van der Waals surface area contributed by atoms with Gasteiger partial charge in [-0.25, -0.2) is 4.39 Å². The van der Waals surface area contributed by atoms with Crippen molar-refractivity contribution < 1.29 is 23.1 Å². The molecule has 1 atom stereocenters. The third kappa shape index (κ3) is 4.51. The molecule has 146 valence electrons. The van der Waals surface area contributed by atoms with E-state index in [1.54, 1.807) is 0 Å². The lowest BCUT2D eigenvalue weighted by Crippen LogP contribution is -2.30. The van der Waals surface area contributed by atoms with E-state index in [0.29, 0.717) is 11.1 Å². The Morgan fingerprint density at radius 2 is 2.04 bits per heavy atom. The maximum Gasteiger partial charge on any atom is 0.311 e. The van der Waals surface area contributed by atoms with Crippen molar-refractivity contribution in [3.63, 3.8) is 0 Å². The molecule has 0 aliphatic heterocycles. The lowest BCUT2D eigenvalue weighted by molar-refractivity contribution is -0.152. The van der Waals surface area contributed by atoms with Crippen LogP contribution in [-0.2, 0) is 27.2 Å². The molecule has 0 saturated heterocycles. The fourth-order valence-corrected chi connectivity index (χ4v) is 2.97. The second-order valence-electron chi connectivity index (χ2n) is 6.37. The summed E-state index contributed by atoms with van der Waals surface area (Å²) >= 11 is 5.88. The van der Waals surface area contributed by atoms with Gasteiger partial charge in [-0.2, -0.15) is 0 Å². The number of carbonyl (C=O) groups excluding carboxylic acids is 2. The molecule has 3 aromatic rings. The lowest BCUT2D eigenvalue weighted by atomic mass is 10.1. The fourth-order valence-electron chi connectivity index (χ4n) is 2.76. The first-order valence-electron chi connectivity index (χ1n) is 8.81. The Morgan fingerprint density at radius 3 is 2.75 bits per heavy atom. The summed E-state index contributed by atoms with van der Waals surface area (Å²) in [6.07, 6.45) is 1.35. The van der Waals surface area contributed by atoms with Crippen LogP contribution in [-0.4, -0.2) is 18.0 Å². The second kappa shape index (κ2) is 8.44. The Bertz CT molecular complexity index is 1030. The Morgan fingerprint density at radius 1 is 1.25 bits per heavy atom. The third-order valence-corrected chi connectivity index (χ3v) is 4.64. The summed E-state index contributed by atoms with van der Waals surface area (Å²) in [6, 6.07) is 9.43. The fraction of sp³-hybridized carbons (Fsp3) is 0.238. The molecule has 0 bridgehead atoms. The molecular formula is C21H19ClFNO4. The maximum absolute atomic E-state index is 13.1. The second-order valence-corrected chi connectivity index (χ2v) is 6.77. The molecule has 0 fully saturated rings. The quantitative estimate of drug-likeness (QED) is 0.594. The number of furan rings is 1. The first-order valence-corrected chi connectivity index (χ1v) is 9.19. The largest absolute Gasteiger partial charge is 0.464 e. The minimum absolute atomic E-state index is 0.0204. The summed E-state index contributed by atoms with van der Waals surface area (Å²) in [6.45, 7) is 3.50. The van der Waals surface area contributed by atoms with Crippen molar-refractivity contribution in [2.24, 2.45) is 0 Å². The molecule has 0 aliphatic carbocycles. The summed E-state index contributed by atoms with van der Waals surface area (Å²) in [4.78, 5) is 24.4. The molecule has 1 amide bonds. The molecule has 0 unspecified atom stereocenters. The molecule has 1 N–H and O–H groups in total. The number of nitrogens with one attached hydrogen (secondary N) is 1. The van der Waals surface area contributed by atoms with Crippen molar-refractivity contribution >= 4 is 40.1 Å². The van der Waals surface area contributed by atoms with Crippen molar-refractivity contribution in [2.75, 3.05) is 5.32 Å². The van der Waals surface area contributed by atoms with E-state index in [1.807, 2.05) is 25.1 Å². The Balaban J connectivity index is 1.61. The zero-order valence-corrected chi connectivity index (χ0v) is 16.2. The van der Waals surface area contributed by atoms with E-state index in [1.165, 1.54) is 25.3 Å². The monoisotopic (exact) mass is 403 g/mol. The van der Waals surface area contributed by atoms with Crippen LogP contribution in [0.4, 0.5) is 10.1 Å². The molecule has 1 aromatic heterocycles. The molecular weight excluding hydrogens is 385 g/mol. The lowest BCUT2D eigenvalue weighted by Gasteiger charge is -2.14. The van der Waals surface area contributed by atoms with Crippen molar-refractivity contribution in [1.82, 2.24) is 0 Å². The zero-order valence-electron chi connectivity index (χ0n) is 15.4. The predicted octanol–water partition coefficient (Wildman–Crippen LogP) is 4.90. The van der Waals surface area contributed by atoms with Gasteiger partial charge in [0.05, 0.1) is 23.4 Å². The number of aryl methyl sites for hydroxylation is 1. The number of benzene rings is 2. The molecule has 0 aliphatic rings. The smallest absolute Gasteiger partial charge is 0.311 e. The van der Waals surface area contributed by atoms with Crippen LogP contribution in [0, 0.1) is 5.82 Å². The SMILES string of the molecule is CCc1ccc2c(CC(=O)O[C@H](C)C(=O)Nc3ccc(F)cc3Cl)coc2c1. The van der Waals surface area contributed by atoms with Crippen molar-refractivity contribution in [1.29, 1.82) is 0 Å². The summed E-state index contributed by atoms with van der Waals surface area (Å²) in [5.74, 6) is -1.64. The van der Waals surface area contributed by atoms with Gasteiger partial charge in [-0.15, -0.1) is 0 Å². The number of amides is 1. The van der Waals surface area contributed by atoms with Gasteiger partial charge in [-0.1, -0.05) is 30.7 Å². The average Bonchev–Trinajstić information content (AvgIpc) is 3.05. The van der Waals surface area contributed by atoms with E-state index in [9.17, 15) is 14.0 Å². The molecule has 0 saturated carbocycles. The molecule has 7 heteroatoms. The maximum atomic E-state index is 13.1. The number of rotatable bonds is 6. The number of hydrogen-bond donors (Lipinski definition) is 1. The molecule has 28 heavy (non-hydrogen) atoms. The highest BCUT2D eigenvalue weighted by Gasteiger charge is 2.20. The number of ether oxygens (including phenoxy) is 1. The van der Waals surface area contributed by atoms with Crippen LogP contribution in [0.3, 0.4) is 0 Å². The van der Waals surface area contributed by atoms with Crippen LogP contribution in [0.5, 0.6) is 0 Å². The minimum atomic E-state index is -1.04. The van der Waals surface area contributed by atoms with E-state index in [0.717, 1.165) is 23.4 Å². The molecule has 5 nitrogen and oxygen atoms in total. The minimum Gasteiger partial charge on any atom is -0.464 e. The van der Waals surface area contributed by atoms with Crippen molar-refractivity contribution in [3.05, 3.63) is 64.6 Å². The number of anilines is 1. The number of halogens is 2. The van der Waals surface area contributed by atoms with Crippen LogP contribution in [0.15, 0.2) is 47.1 Å². The summed E-state index contributed by atoms with van der Waals surface area (Å²) in [7, 11) is 0. The van der Waals surface area contributed by atoms with Gasteiger partial charge in [0.2, 0.25) is 0 Å². The third-order valence-electron chi connectivity index (χ3n) is 4.33. The summed E-state index contributed by atoms with van der Waals surface area (Å²) in [5.41, 5.74) is 2.78. The van der Waals surface area contributed by atoms with Gasteiger partial charge >= 0.3 is 5.97 Å². The molecule has 0 radical (unpaired) electrons. The first-order chi connectivity index (χ1) is 13.4. The van der Waals surface area contributed by atoms with Gasteiger partial charge in [0.25, 0.3) is 5.91 Å². The highest BCUT2D eigenvalue weighted by Crippen LogP contribution is 2.24. The topological polar surface area (TPSA) is 68.5 Å². The van der Waals surface area contributed by atoms with E-state index in [-0.39, 0.29) is 17.1 Å². The molecule has 3 rings (SSSR count). The van der Waals surface area contributed by atoms with Crippen LogP contribution in [0.1, 0.15) is 25.0 Å². The van der Waals surface area contributed by atoms with E-state index in [4.69, 9.17) is 20.8 Å². The van der Waals surface area contributed by atoms with E-state index < -0.39 is 23.8 Å². The van der Waals surface area contributed by atoms with Gasteiger partial charge < -0.3 is 14.5 Å². The Kier molecular flexibility index (Phi) is 5.99. The number of carbonyl (C=O) groups is 2. The van der Waals surface area contributed by atoms with Crippen LogP contribution in [0.2, 0.25) is 5.02 Å². The zero-order chi connectivity index (χ0) is 20.3. The van der Waals surface area contributed by atoms with Crippen LogP contribution < -0.4 is 5.32 Å². The van der Waals surface area contributed by atoms with Gasteiger partial charge in [0.15, 0.2) is 6.10 Å². The summed E-state index contributed by atoms with van der Waals surface area (Å²) < 4.78 is 23.8. The summed E-state index contributed by atoms with van der Waals surface area (Å²) in [5, 5.41) is 3.41. The Labute approximate surface area is 166 Å². The van der Waals surface area contributed by atoms with Gasteiger partial charge in [0, 0.05) is 10.9 Å². The molecule has 1 heterocycles. The van der Waals surface area contributed by atoms with Crippen LogP contribution in [0.25, 0.3) is 11.0 Å². The van der Waals surface area contributed by atoms with E-state index >= 15 is 0 Å². The van der Waals surface area contributed by atoms with Gasteiger partial charge in [-0.3, -0.25) is 9.59 Å². The van der Waals surface area contributed by atoms with Gasteiger partial charge in [-0.05, 0) is 43.2 Å². The average molecular weight is 404 g/mol. The van der Waals surface area contributed by atoms with Crippen LogP contribution >= 0.6 is 11.6 Å². The van der Waals surface area contributed by atoms with E-state index in [2.05, 4.69) is 5.32 Å². The predicted molar refractivity (Wildman–Crippen MR) is 105 cm³/mol. The first kappa shape index (κ1) is 19.9. The van der Waals surface area contributed by atoms with Crippen molar-refractivity contribution in [2.45, 2.75) is 32.8 Å². The molecule has 0 spiro atoms. The Hall–Kier alpha value is -2.86. The van der Waals surface area contributed by atoms with Crippen molar-refractivity contribution in [3.8, 4) is 0 Å².